The van der Waals surface area contributed by atoms with Gasteiger partial charge in [0, 0.05) is 13.1 Å². The van der Waals surface area contributed by atoms with Gasteiger partial charge in [-0.15, -0.1) is 0 Å². The van der Waals surface area contributed by atoms with Crippen molar-refractivity contribution in [2.75, 3.05) is 24.5 Å². The van der Waals surface area contributed by atoms with Crippen molar-refractivity contribution < 1.29 is 22.7 Å². The zero-order valence-corrected chi connectivity index (χ0v) is 24.5. The van der Waals surface area contributed by atoms with Crippen molar-refractivity contribution >= 4 is 27.5 Å². The van der Waals surface area contributed by atoms with Gasteiger partial charge in [0.05, 0.1) is 17.7 Å². The van der Waals surface area contributed by atoms with E-state index in [2.05, 4.69) is 5.32 Å². The molecule has 40 heavy (non-hydrogen) atoms. The highest BCUT2D eigenvalue weighted by molar-refractivity contribution is 7.92. The minimum absolute atomic E-state index is 0.0782. The molecule has 0 aliphatic heterocycles. The van der Waals surface area contributed by atoms with Crippen LogP contribution in [0.3, 0.4) is 0 Å². The van der Waals surface area contributed by atoms with E-state index in [4.69, 9.17) is 4.74 Å². The Labute approximate surface area is 238 Å². The van der Waals surface area contributed by atoms with Gasteiger partial charge in [0.25, 0.3) is 10.0 Å². The summed E-state index contributed by atoms with van der Waals surface area (Å²) in [7, 11) is -2.51. The van der Waals surface area contributed by atoms with Crippen LogP contribution >= 0.6 is 0 Å². The average Bonchev–Trinajstić information content (AvgIpc) is 2.99. The fourth-order valence-electron chi connectivity index (χ4n) is 4.19. The van der Waals surface area contributed by atoms with Crippen LogP contribution in [-0.2, 0) is 32.6 Å². The molecule has 0 saturated heterocycles. The summed E-state index contributed by atoms with van der Waals surface area (Å²) in [6.07, 6.45) is 2.54. The molecule has 0 aliphatic rings. The number of ether oxygens (including phenoxy) is 1. The van der Waals surface area contributed by atoms with Crippen molar-refractivity contribution in [3.8, 4) is 5.75 Å². The van der Waals surface area contributed by atoms with E-state index in [1.165, 1.54) is 17.0 Å². The first kappa shape index (κ1) is 30.7. The summed E-state index contributed by atoms with van der Waals surface area (Å²) in [6.45, 7) is 5.87. The summed E-state index contributed by atoms with van der Waals surface area (Å²) in [5, 5.41) is 2.89. The molecule has 214 valence electrons. The summed E-state index contributed by atoms with van der Waals surface area (Å²) in [5.74, 6) is -0.115. The predicted molar refractivity (Wildman–Crippen MR) is 158 cm³/mol. The number of methoxy groups -OCH3 is 1. The lowest BCUT2D eigenvalue weighted by Gasteiger charge is -2.32. The Morgan fingerprint density at radius 2 is 1.52 bits per heavy atom. The van der Waals surface area contributed by atoms with Crippen LogP contribution in [0.25, 0.3) is 0 Å². The molecule has 0 bridgehead atoms. The molecule has 0 fully saturated rings. The van der Waals surface area contributed by atoms with Gasteiger partial charge >= 0.3 is 0 Å². The van der Waals surface area contributed by atoms with Crippen LogP contribution in [0.2, 0.25) is 0 Å². The van der Waals surface area contributed by atoms with E-state index in [1.807, 2.05) is 38.1 Å². The Hall–Kier alpha value is -3.85. The molecule has 3 aromatic rings. The van der Waals surface area contributed by atoms with Crippen LogP contribution in [0, 0.1) is 0 Å². The zero-order valence-electron chi connectivity index (χ0n) is 23.7. The summed E-state index contributed by atoms with van der Waals surface area (Å²) >= 11 is 0. The Kier molecular flexibility index (Phi) is 11.1. The third-order valence-corrected chi connectivity index (χ3v) is 8.54. The smallest absolute Gasteiger partial charge is 0.264 e. The van der Waals surface area contributed by atoms with Crippen LogP contribution in [0.15, 0.2) is 83.8 Å². The molecule has 1 unspecified atom stereocenters. The highest BCUT2D eigenvalue weighted by Crippen LogP contribution is 2.25. The monoisotopic (exact) mass is 565 g/mol. The van der Waals surface area contributed by atoms with E-state index < -0.39 is 28.5 Å². The van der Waals surface area contributed by atoms with E-state index in [9.17, 15) is 18.0 Å². The fraction of sp³-hybridized carbons (Fsp3) is 0.355. The molecule has 3 aromatic carbocycles. The van der Waals surface area contributed by atoms with E-state index in [1.54, 1.807) is 56.5 Å². The van der Waals surface area contributed by atoms with Crippen molar-refractivity contribution in [1.82, 2.24) is 10.2 Å². The number of nitrogens with one attached hydrogen (secondary N) is 1. The second-order valence-corrected chi connectivity index (χ2v) is 11.4. The molecule has 0 aromatic heterocycles. The first-order valence-electron chi connectivity index (χ1n) is 13.6. The highest BCUT2D eigenvalue weighted by atomic mass is 32.2. The van der Waals surface area contributed by atoms with E-state index >= 15 is 0 Å². The average molecular weight is 566 g/mol. The molecule has 0 heterocycles. The number of sulfonamides is 1. The van der Waals surface area contributed by atoms with Crippen molar-refractivity contribution in [3.05, 3.63) is 90.0 Å². The van der Waals surface area contributed by atoms with Crippen molar-refractivity contribution in [2.45, 2.75) is 57.5 Å². The van der Waals surface area contributed by atoms with E-state index in [0.717, 1.165) is 34.7 Å². The van der Waals surface area contributed by atoms with E-state index in [-0.39, 0.29) is 17.3 Å². The third-order valence-electron chi connectivity index (χ3n) is 6.75. The van der Waals surface area contributed by atoms with Gasteiger partial charge in [-0.05, 0) is 67.3 Å². The number of aryl methyl sites for hydroxylation is 1. The van der Waals surface area contributed by atoms with Crippen LogP contribution in [0.5, 0.6) is 5.75 Å². The normalized spacial score (nSPS) is 11.9. The minimum Gasteiger partial charge on any atom is -0.497 e. The molecule has 3 rings (SSSR count). The number of rotatable bonds is 14. The number of carbonyl (C=O) groups is 2. The lowest BCUT2D eigenvalue weighted by Crippen LogP contribution is -2.51. The summed E-state index contributed by atoms with van der Waals surface area (Å²) in [4.78, 5) is 28.5. The quantitative estimate of drug-likeness (QED) is 0.284. The van der Waals surface area contributed by atoms with Gasteiger partial charge in [0.2, 0.25) is 11.8 Å². The largest absolute Gasteiger partial charge is 0.497 e. The molecular formula is C31H39N3O5S. The second kappa shape index (κ2) is 14.5. The minimum atomic E-state index is -4.08. The lowest BCUT2D eigenvalue weighted by molar-refractivity contribution is -0.139. The molecule has 0 spiro atoms. The maximum Gasteiger partial charge on any atom is 0.264 e. The zero-order chi connectivity index (χ0) is 29.1. The molecule has 9 heteroatoms. The molecule has 2 amide bonds. The molecule has 1 N–H and O–H groups in total. The second-order valence-electron chi connectivity index (χ2n) is 9.54. The molecule has 1 atom stereocenters. The Morgan fingerprint density at radius 1 is 0.900 bits per heavy atom. The number of hydrogen-bond acceptors (Lipinski definition) is 5. The van der Waals surface area contributed by atoms with Gasteiger partial charge in [-0.3, -0.25) is 13.9 Å². The van der Waals surface area contributed by atoms with Crippen LogP contribution in [-0.4, -0.2) is 51.4 Å². The number of anilines is 1. The van der Waals surface area contributed by atoms with Gasteiger partial charge in [-0.25, -0.2) is 8.42 Å². The van der Waals surface area contributed by atoms with Crippen molar-refractivity contribution in [3.63, 3.8) is 0 Å². The summed E-state index contributed by atoms with van der Waals surface area (Å²) in [5.41, 5.74) is 2.21. The highest BCUT2D eigenvalue weighted by Gasteiger charge is 2.32. The number of carbonyl (C=O) groups excluding carboxylic acids is 2. The number of nitrogens with zero attached hydrogens (tertiary/aromatic N) is 2. The van der Waals surface area contributed by atoms with Crippen LogP contribution in [0.4, 0.5) is 5.69 Å². The summed E-state index contributed by atoms with van der Waals surface area (Å²) in [6, 6.07) is 21.6. The molecule has 0 radical (unpaired) electrons. The number of amides is 2. The molecular weight excluding hydrogens is 526 g/mol. The Morgan fingerprint density at radius 3 is 2.10 bits per heavy atom. The van der Waals surface area contributed by atoms with E-state index in [0.29, 0.717) is 18.0 Å². The Balaban J connectivity index is 1.98. The topological polar surface area (TPSA) is 96.0 Å². The maximum absolute atomic E-state index is 13.9. The number of unbranched alkanes of at least 4 members (excludes halogenated alkanes) is 1. The number of hydrogen-bond donors (Lipinski definition) is 1. The SMILES string of the molecule is CCCCNC(=O)C(C)N(Cc1ccc(OC)cc1)C(=O)CN(c1ccc(CC)cc1)S(=O)(=O)c1ccccc1. The molecule has 0 aliphatic carbocycles. The predicted octanol–water partition coefficient (Wildman–Crippen LogP) is 4.79. The van der Waals surface area contributed by atoms with Crippen LogP contribution in [0.1, 0.15) is 44.7 Å². The fourth-order valence-corrected chi connectivity index (χ4v) is 5.63. The molecule has 0 saturated carbocycles. The van der Waals surface area contributed by atoms with Gasteiger partial charge in [-0.2, -0.15) is 0 Å². The molecule has 8 nitrogen and oxygen atoms in total. The van der Waals surface area contributed by atoms with Gasteiger partial charge < -0.3 is 15.0 Å². The maximum atomic E-state index is 13.9. The first-order valence-corrected chi connectivity index (χ1v) is 15.0. The van der Waals surface area contributed by atoms with Gasteiger partial charge in [0.1, 0.15) is 18.3 Å². The van der Waals surface area contributed by atoms with Gasteiger partial charge in [-0.1, -0.05) is 62.7 Å². The van der Waals surface area contributed by atoms with Crippen molar-refractivity contribution in [2.24, 2.45) is 0 Å². The van der Waals surface area contributed by atoms with Crippen molar-refractivity contribution in [1.29, 1.82) is 0 Å². The Bertz CT molecular complexity index is 1340. The van der Waals surface area contributed by atoms with Gasteiger partial charge in [0.15, 0.2) is 0 Å². The first-order chi connectivity index (χ1) is 19.2. The van der Waals surface area contributed by atoms with Crippen LogP contribution < -0.4 is 14.4 Å². The summed E-state index contributed by atoms with van der Waals surface area (Å²) < 4.78 is 34.0. The third kappa shape index (κ3) is 7.85. The standard InChI is InChI=1S/C31H39N3O5S/c1-5-7-21-32-31(36)24(3)33(22-26-15-19-28(39-4)20-16-26)30(35)23-34(27-17-13-25(6-2)14-18-27)40(37,38)29-11-9-8-10-12-29/h8-20,24H,5-7,21-23H2,1-4H3,(H,32,36). The number of benzene rings is 3. The lowest BCUT2D eigenvalue weighted by atomic mass is 10.1.